The minimum Gasteiger partial charge on any atom is -0.315 e. The van der Waals surface area contributed by atoms with Crippen molar-refractivity contribution in [3.8, 4) is 5.69 Å². The van der Waals surface area contributed by atoms with Crippen LogP contribution in [0.1, 0.15) is 29.4 Å². The van der Waals surface area contributed by atoms with Crippen LogP contribution >= 0.6 is 11.8 Å². The molecular weight excluding hydrogens is 385 g/mol. The Kier molecular flexibility index (Phi) is 6.88. The summed E-state index contributed by atoms with van der Waals surface area (Å²) >= 11 is 1.56. The molecule has 4 nitrogen and oxygen atoms in total. The van der Waals surface area contributed by atoms with Gasteiger partial charge in [-0.1, -0.05) is 42.5 Å². The van der Waals surface area contributed by atoms with Crippen molar-refractivity contribution in [2.75, 3.05) is 0 Å². The van der Waals surface area contributed by atoms with Crippen LogP contribution in [-0.4, -0.2) is 21.9 Å². The number of aryl methyl sites for hydroxylation is 1. The Bertz CT molecular complexity index is 1010. The van der Waals surface area contributed by atoms with Crippen LogP contribution in [-0.2, 0) is 10.5 Å². The van der Waals surface area contributed by atoms with Gasteiger partial charge in [0.1, 0.15) is 5.82 Å². The first-order chi connectivity index (χ1) is 14.0. The number of hydrogen-bond donors (Lipinski definition) is 1. The largest absolute Gasteiger partial charge is 0.315 e. The predicted molar refractivity (Wildman–Crippen MR) is 118 cm³/mol. The number of rotatable bonds is 7. The molecule has 1 heterocycles. The minimum absolute atomic E-state index is 0.148. The van der Waals surface area contributed by atoms with Crippen LogP contribution in [0.4, 0.5) is 4.39 Å². The zero-order valence-electron chi connectivity index (χ0n) is 16.7. The van der Waals surface area contributed by atoms with E-state index in [1.165, 1.54) is 11.6 Å². The highest BCUT2D eigenvalue weighted by Crippen LogP contribution is 2.22. The lowest BCUT2D eigenvalue weighted by molar-refractivity contribution is -0.120. The van der Waals surface area contributed by atoms with Gasteiger partial charge in [0, 0.05) is 22.7 Å². The number of amides is 1. The lowest BCUT2D eigenvalue weighted by atomic mass is 10.2. The van der Waals surface area contributed by atoms with E-state index in [-0.39, 0.29) is 17.0 Å². The van der Waals surface area contributed by atoms with Gasteiger partial charge in [-0.3, -0.25) is 4.79 Å². The zero-order chi connectivity index (χ0) is 20.8. The molecule has 150 valence electrons. The third-order valence-corrected chi connectivity index (χ3v) is 5.87. The summed E-state index contributed by atoms with van der Waals surface area (Å²) in [4.78, 5) is 12.3. The molecule has 0 bridgehead atoms. The molecule has 2 aromatic carbocycles. The number of nitrogens with zero attached hydrogens (tertiary/aromatic N) is 2. The maximum absolute atomic E-state index is 14.2. The molecule has 1 aromatic heterocycles. The number of hydrogen-bond acceptors (Lipinski definition) is 3. The third kappa shape index (κ3) is 5.15. The number of para-hydroxylation sites is 1. The molecule has 0 aliphatic heterocycles. The average molecular weight is 410 g/mol. The van der Waals surface area contributed by atoms with E-state index in [9.17, 15) is 9.18 Å². The summed E-state index contributed by atoms with van der Waals surface area (Å²) in [5, 5.41) is 3.88. The molecule has 29 heavy (non-hydrogen) atoms. The van der Waals surface area contributed by atoms with Gasteiger partial charge in [-0.15, -0.1) is 11.8 Å². The quantitative estimate of drug-likeness (QED) is 0.441. The second-order valence-electron chi connectivity index (χ2n) is 6.79. The number of carbonyl (C=O) groups is 1. The number of benzene rings is 2. The van der Waals surface area contributed by atoms with Gasteiger partial charge in [0.15, 0.2) is 0 Å². The summed E-state index contributed by atoms with van der Waals surface area (Å²) in [6.45, 7) is 5.68. The summed E-state index contributed by atoms with van der Waals surface area (Å²) in [5.41, 5.74) is 6.86. The number of halogens is 1. The van der Waals surface area contributed by atoms with Crippen LogP contribution in [0.25, 0.3) is 5.69 Å². The molecule has 0 saturated heterocycles. The zero-order valence-corrected chi connectivity index (χ0v) is 17.5. The molecule has 0 saturated carbocycles. The molecule has 3 aromatic rings. The fraction of sp³-hybridized carbons (Fsp3) is 0.217. The number of hydrazone groups is 1. The molecule has 1 atom stereocenters. The van der Waals surface area contributed by atoms with Crippen molar-refractivity contribution in [1.82, 2.24) is 9.99 Å². The number of aromatic nitrogens is 1. The second kappa shape index (κ2) is 9.56. The van der Waals surface area contributed by atoms with Gasteiger partial charge in [0.05, 0.1) is 17.2 Å². The van der Waals surface area contributed by atoms with E-state index in [4.69, 9.17) is 0 Å². The van der Waals surface area contributed by atoms with E-state index in [0.717, 1.165) is 22.7 Å². The van der Waals surface area contributed by atoms with E-state index in [0.29, 0.717) is 5.69 Å². The van der Waals surface area contributed by atoms with Crippen molar-refractivity contribution in [2.45, 2.75) is 31.8 Å². The summed E-state index contributed by atoms with van der Waals surface area (Å²) in [5.74, 6) is 0.337. The molecule has 1 N–H and O–H groups in total. The molecule has 0 spiro atoms. The fourth-order valence-electron chi connectivity index (χ4n) is 3.05. The van der Waals surface area contributed by atoms with Crippen LogP contribution in [0.15, 0.2) is 65.8 Å². The highest BCUT2D eigenvalue weighted by atomic mass is 32.2. The Labute approximate surface area is 174 Å². The van der Waals surface area contributed by atoms with Gasteiger partial charge in [-0.05, 0) is 44.5 Å². The first-order valence-corrected chi connectivity index (χ1v) is 10.4. The van der Waals surface area contributed by atoms with E-state index < -0.39 is 0 Å². The number of nitrogens with one attached hydrogen (secondary N) is 1. The SMILES string of the molecule is Cc1cc(/C=N\NC(=O)[C@@H](C)SCc2ccccc2)c(C)n1-c1ccccc1F. The predicted octanol–water partition coefficient (Wildman–Crippen LogP) is 5.01. The van der Waals surface area contributed by atoms with Crippen molar-refractivity contribution in [3.05, 3.63) is 89.0 Å². The van der Waals surface area contributed by atoms with Gasteiger partial charge in [0.25, 0.3) is 5.91 Å². The maximum atomic E-state index is 14.2. The standard InChI is InChI=1S/C23H24FN3OS/c1-16-13-20(17(2)27(16)22-12-8-7-11-21(22)24)14-25-26-23(28)18(3)29-15-19-9-5-4-6-10-19/h4-14,18H,15H2,1-3H3,(H,26,28)/b25-14-/t18-/m1/s1. The highest BCUT2D eigenvalue weighted by molar-refractivity contribution is 7.99. The fourth-order valence-corrected chi connectivity index (χ4v) is 3.89. The number of thioether (sulfide) groups is 1. The van der Waals surface area contributed by atoms with Crippen molar-refractivity contribution < 1.29 is 9.18 Å². The average Bonchev–Trinajstić information content (AvgIpc) is 3.00. The van der Waals surface area contributed by atoms with Gasteiger partial charge < -0.3 is 4.57 Å². The van der Waals surface area contributed by atoms with Crippen molar-refractivity contribution in [1.29, 1.82) is 0 Å². The number of carbonyl (C=O) groups excluding carboxylic acids is 1. The molecule has 1 amide bonds. The maximum Gasteiger partial charge on any atom is 0.252 e. The summed E-state index contributed by atoms with van der Waals surface area (Å²) in [6.07, 6.45) is 1.60. The van der Waals surface area contributed by atoms with Crippen LogP contribution in [0.3, 0.4) is 0 Å². The Morgan fingerprint density at radius 3 is 2.59 bits per heavy atom. The highest BCUT2D eigenvalue weighted by Gasteiger charge is 2.14. The molecule has 0 aliphatic carbocycles. The van der Waals surface area contributed by atoms with Gasteiger partial charge in [-0.2, -0.15) is 5.10 Å². The Morgan fingerprint density at radius 1 is 1.17 bits per heavy atom. The van der Waals surface area contributed by atoms with Crippen LogP contribution in [0.2, 0.25) is 0 Å². The molecule has 0 unspecified atom stereocenters. The monoisotopic (exact) mass is 409 g/mol. The van der Waals surface area contributed by atoms with Gasteiger partial charge >= 0.3 is 0 Å². The molecular formula is C23H24FN3OS. The molecule has 0 aliphatic rings. The Morgan fingerprint density at radius 2 is 1.86 bits per heavy atom. The Hall–Kier alpha value is -2.86. The molecule has 0 fully saturated rings. The van der Waals surface area contributed by atoms with Crippen LogP contribution in [0.5, 0.6) is 0 Å². The van der Waals surface area contributed by atoms with E-state index in [1.807, 2.05) is 61.7 Å². The van der Waals surface area contributed by atoms with Crippen molar-refractivity contribution in [2.24, 2.45) is 5.10 Å². The first kappa shape index (κ1) is 20.9. The van der Waals surface area contributed by atoms with Gasteiger partial charge in [-0.25, -0.2) is 9.82 Å². The van der Waals surface area contributed by atoms with E-state index in [2.05, 4.69) is 10.5 Å². The normalized spacial score (nSPS) is 12.3. The van der Waals surface area contributed by atoms with Crippen molar-refractivity contribution in [3.63, 3.8) is 0 Å². The van der Waals surface area contributed by atoms with Gasteiger partial charge in [0.2, 0.25) is 0 Å². The van der Waals surface area contributed by atoms with E-state index >= 15 is 0 Å². The molecule has 3 rings (SSSR count). The Balaban J connectivity index is 1.62. The topological polar surface area (TPSA) is 46.4 Å². The van der Waals surface area contributed by atoms with E-state index in [1.54, 1.807) is 36.2 Å². The van der Waals surface area contributed by atoms with Crippen molar-refractivity contribution >= 4 is 23.9 Å². The smallest absolute Gasteiger partial charge is 0.252 e. The van der Waals surface area contributed by atoms with Crippen LogP contribution in [0, 0.1) is 19.7 Å². The minimum atomic E-state index is -0.282. The second-order valence-corrected chi connectivity index (χ2v) is 8.12. The lowest BCUT2D eigenvalue weighted by Crippen LogP contribution is -2.27. The van der Waals surface area contributed by atoms with Crippen LogP contribution < -0.4 is 5.43 Å². The molecule has 0 radical (unpaired) electrons. The first-order valence-electron chi connectivity index (χ1n) is 9.39. The lowest BCUT2D eigenvalue weighted by Gasteiger charge is -2.10. The summed E-state index contributed by atoms with van der Waals surface area (Å²) in [6, 6.07) is 18.6. The summed E-state index contributed by atoms with van der Waals surface area (Å²) in [7, 11) is 0. The summed E-state index contributed by atoms with van der Waals surface area (Å²) < 4.78 is 16.0. The third-order valence-electron chi connectivity index (χ3n) is 4.65. The molecule has 6 heteroatoms.